The van der Waals surface area contributed by atoms with Crippen LogP contribution in [0.5, 0.6) is 0 Å². The summed E-state index contributed by atoms with van der Waals surface area (Å²) in [7, 11) is 2.08. The highest BCUT2D eigenvalue weighted by atomic mass is 15.1. The van der Waals surface area contributed by atoms with E-state index in [-0.39, 0.29) is 0 Å². The molecule has 0 unspecified atom stereocenters. The van der Waals surface area contributed by atoms with Gasteiger partial charge in [0.05, 0.1) is 12.3 Å². The largest absolute Gasteiger partial charge is 0.403 e. The van der Waals surface area contributed by atoms with E-state index in [0.717, 1.165) is 12.3 Å². The van der Waals surface area contributed by atoms with Gasteiger partial charge in [0, 0.05) is 25.1 Å². The van der Waals surface area contributed by atoms with Gasteiger partial charge in [-0.05, 0) is 12.0 Å². The van der Waals surface area contributed by atoms with Crippen molar-refractivity contribution in [2.24, 2.45) is 16.6 Å². The number of aliphatic imine (C=N–C) groups is 1. The van der Waals surface area contributed by atoms with Crippen molar-refractivity contribution < 1.29 is 0 Å². The molecule has 0 radical (unpaired) electrons. The van der Waals surface area contributed by atoms with Gasteiger partial charge in [0.15, 0.2) is 0 Å². The van der Waals surface area contributed by atoms with Gasteiger partial charge in [0.1, 0.15) is 0 Å². The lowest BCUT2D eigenvalue weighted by Gasteiger charge is -2.18. The van der Waals surface area contributed by atoms with Crippen molar-refractivity contribution in [3.8, 4) is 0 Å². The van der Waals surface area contributed by atoms with Crippen LogP contribution in [-0.4, -0.2) is 24.2 Å². The maximum absolute atomic E-state index is 5.21. The quantitative estimate of drug-likeness (QED) is 0.695. The minimum Gasteiger partial charge on any atom is -0.403 e. The Bertz CT molecular complexity index is 261. The molecule has 0 saturated carbocycles. The Hall–Kier alpha value is -1.25. The highest BCUT2D eigenvalue weighted by Gasteiger charge is 2.17. The Morgan fingerprint density at radius 1 is 1.62 bits per heavy atom. The Morgan fingerprint density at radius 2 is 2.31 bits per heavy atom. The summed E-state index contributed by atoms with van der Waals surface area (Å²) in [6, 6.07) is 0. The molecule has 0 spiro atoms. The van der Waals surface area contributed by atoms with E-state index in [4.69, 9.17) is 5.73 Å². The average molecular weight is 179 g/mol. The lowest BCUT2D eigenvalue weighted by atomic mass is 10.1. The Balaban J connectivity index is 2.77. The first-order chi connectivity index (χ1) is 6.15. The Kier molecular flexibility index (Phi) is 3.12. The van der Waals surface area contributed by atoms with Gasteiger partial charge in [-0.1, -0.05) is 13.8 Å². The van der Waals surface area contributed by atoms with E-state index in [9.17, 15) is 0 Å². The van der Waals surface area contributed by atoms with Crippen LogP contribution < -0.4 is 5.73 Å². The minimum atomic E-state index is 0.555. The normalized spacial score (nSPS) is 20.8. The molecule has 0 amide bonds. The van der Waals surface area contributed by atoms with Gasteiger partial charge >= 0.3 is 0 Å². The van der Waals surface area contributed by atoms with Gasteiger partial charge in [-0.25, -0.2) is 0 Å². The first-order valence-electron chi connectivity index (χ1n) is 4.51. The van der Waals surface area contributed by atoms with E-state index >= 15 is 0 Å². The maximum atomic E-state index is 5.21. The van der Waals surface area contributed by atoms with E-state index in [1.165, 1.54) is 11.9 Å². The summed E-state index contributed by atoms with van der Waals surface area (Å²) < 4.78 is 0. The minimum absolute atomic E-state index is 0.555. The lowest BCUT2D eigenvalue weighted by Crippen LogP contribution is -2.18. The second kappa shape index (κ2) is 4.12. The molecule has 0 bridgehead atoms. The van der Waals surface area contributed by atoms with Crippen molar-refractivity contribution in [2.45, 2.75) is 13.8 Å². The van der Waals surface area contributed by atoms with Gasteiger partial charge in [0.25, 0.3) is 0 Å². The van der Waals surface area contributed by atoms with Gasteiger partial charge < -0.3 is 10.6 Å². The van der Waals surface area contributed by atoms with E-state index in [1.54, 1.807) is 6.20 Å². The van der Waals surface area contributed by atoms with Crippen LogP contribution in [-0.2, 0) is 0 Å². The van der Waals surface area contributed by atoms with Crippen LogP contribution >= 0.6 is 0 Å². The molecular formula is C10H17N3. The summed E-state index contributed by atoms with van der Waals surface area (Å²) >= 11 is 0. The second-order valence-electron chi connectivity index (χ2n) is 3.54. The molecule has 72 valence electrons. The zero-order chi connectivity index (χ0) is 9.84. The molecule has 0 aromatic heterocycles. The number of hydrogen-bond acceptors (Lipinski definition) is 3. The molecular weight excluding hydrogens is 162 g/mol. The number of nitrogens with zero attached hydrogens (tertiary/aromatic N) is 2. The van der Waals surface area contributed by atoms with Crippen molar-refractivity contribution in [3.63, 3.8) is 0 Å². The van der Waals surface area contributed by atoms with Crippen LogP contribution in [0.1, 0.15) is 13.8 Å². The Labute approximate surface area is 79.6 Å². The predicted octanol–water partition coefficient (Wildman–Crippen LogP) is 1.34. The fourth-order valence-electron chi connectivity index (χ4n) is 1.49. The number of rotatable bonds is 2. The first kappa shape index (κ1) is 9.84. The molecule has 2 N–H and O–H groups in total. The monoisotopic (exact) mass is 179 g/mol. The molecule has 1 rings (SSSR count). The van der Waals surface area contributed by atoms with E-state index < -0.39 is 0 Å². The molecule has 1 aliphatic rings. The van der Waals surface area contributed by atoms with Crippen LogP contribution in [0.25, 0.3) is 0 Å². The van der Waals surface area contributed by atoms with Gasteiger partial charge in [-0.2, -0.15) is 0 Å². The van der Waals surface area contributed by atoms with E-state index in [0.29, 0.717) is 5.92 Å². The molecule has 0 atom stereocenters. The van der Waals surface area contributed by atoms with Crippen molar-refractivity contribution in [2.75, 3.05) is 13.6 Å². The predicted molar refractivity (Wildman–Crippen MR) is 56.3 cm³/mol. The fourth-order valence-corrected chi connectivity index (χ4v) is 1.49. The average Bonchev–Trinajstić information content (AvgIpc) is 2.43. The summed E-state index contributed by atoms with van der Waals surface area (Å²) in [6.45, 7) is 5.26. The summed E-state index contributed by atoms with van der Waals surface area (Å²) in [5.74, 6) is 0.555. The fraction of sp³-hybridized carbons (Fsp3) is 0.500. The summed E-state index contributed by atoms with van der Waals surface area (Å²) in [6.07, 6.45) is 5.21. The zero-order valence-corrected chi connectivity index (χ0v) is 8.49. The van der Waals surface area contributed by atoms with Crippen molar-refractivity contribution >= 4 is 5.71 Å². The summed E-state index contributed by atoms with van der Waals surface area (Å²) in [4.78, 5) is 6.43. The molecule has 0 aliphatic carbocycles. The third-order valence-corrected chi connectivity index (χ3v) is 2.07. The molecule has 0 saturated heterocycles. The van der Waals surface area contributed by atoms with E-state index in [1.807, 2.05) is 0 Å². The lowest BCUT2D eigenvalue weighted by molar-refractivity contribution is 0.435. The Morgan fingerprint density at radius 3 is 2.77 bits per heavy atom. The van der Waals surface area contributed by atoms with Gasteiger partial charge in [-0.3, -0.25) is 4.99 Å². The molecule has 0 fully saturated rings. The molecule has 1 heterocycles. The number of nitrogens with two attached hydrogens (primary N) is 1. The highest BCUT2D eigenvalue weighted by molar-refractivity contribution is 5.99. The molecule has 13 heavy (non-hydrogen) atoms. The third-order valence-electron chi connectivity index (χ3n) is 2.07. The van der Waals surface area contributed by atoms with Gasteiger partial charge in [0.2, 0.25) is 0 Å². The molecule has 3 nitrogen and oxygen atoms in total. The third kappa shape index (κ3) is 2.34. The van der Waals surface area contributed by atoms with Crippen LogP contribution in [0, 0.1) is 5.92 Å². The molecule has 3 heteroatoms. The second-order valence-corrected chi connectivity index (χ2v) is 3.54. The van der Waals surface area contributed by atoms with E-state index in [2.05, 4.69) is 36.9 Å². The van der Waals surface area contributed by atoms with Crippen molar-refractivity contribution in [1.82, 2.24) is 4.90 Å². The summed E-state index contributed by atoms with van der Waals surface area (Å²) in [5, 5.41) is 0. The van der Waals surface area contributed by atoms with Gasteiger partial charge in [-0.15, -0.1) is 0 Å². The van der Waals surface area contributed by atoms with Crippen LogP contribution in [0.2, 0.25) is 0 Å². The standard InChI is InChI=1S/C10H17N3/c1-8(2)10-6-9(7-13(10)3)12-5-4-11/h4-6,8H,7,11H2,1-3H3/b5-4-,12-9?. The highest BCUT2D eigenvalue weighted by Crippen LogP contribution is 2.18. The van der Waals surface area contributed by atoms with Crippen LogP contribution in [0.3, 0.4) is 0 Å². The SMILES string of the molecule is CC(C)C1=CC(=N/C=C\N)CN1C. The topological polar surface area (TPSA) is 41.6 Å². The van der Waals surface area contributed by atoms with Crippen molar-refractivity contribution in [1.29, 1.82) is 0 Å². The molecule has 0 aromatic carbocycles. The smallest absolute Gasteiger partial charge is 0.0614 e. The van der Waals surface area contributed by atoms with Crippen LogP contribution in [0.4, 0.5) is 0 Å². The maximum Gasteiger partial charge on any atom is 0.0614 e. The molecule has 0 aromatic rings. The van der Waals surface area contributed by atoms with Crippen LogP contribution in [0.15, 0.2) is 29.2 Å². The number of allylic oxidation sites excluding steroid dienone is 1. The zero-order valence-electron chi connectivity index (χ0n) is 8.49. The number of hydrogen-bond donors (Lipinski definition) is 1. The first-order valence-corrected chi connectivity index (χ1v) is 4.51. The summed E-state index contributed by atoms with van der Waals surface area (Å²) in [5.41, 5.74) is 7.63. The van der Waals surface area contributed by atoms with Crippen molar-refractivity contribution in [3.05, 3.63) is 24.2 Å². The molecule has 1 aliphatic heterocycles.